The lowest BCUT2D eigenvalue weighted by Gasteiger charge is -2.12. The highest BCUT2D eigenvalue weighted by atomic mass is 16.6. The Morgan fingerprint density at radius 2 is 2.15 bits per heavy atom. The second kappa shape index (κ2) is 7.32. The number of benzene rings is 1. The van der Waals surface area contributed by atoms with E-state index >= 15 is 0 Å². The summed E-state index contributed by atoms with van der Waals surface area (Å²) >= 11 is 0. The predicted octanol–water partition coefficient (Wildman–Crippen LogP) is 1.88. The molecule has 0 unspecified atom stereocenters. The van der Waals surface area contributed by atoms with Gasteiger partial charge < -0.3 is 15.0 Å². The van der Waals surface area contributed by atoms with E-state index in [0.717, 1.165) is 6.42 Å². The van der Waals surface area contributed by atoms with Crippen LogP contribution in [0.1, 0.15) is 13.3 Å². The Labute approximate surface area is 117 Å². The zero-order valence-electron chi connectivity index (χ0n) is 11.9. The van der Waals surface area contributed by atoms with Gasteiger partial charge in [0.1, 0.15) is 0 Å². The molecule has 1 N–H and O–H groups in total. The Balaban J connectivity index is 2.83. The number of carbonyl (C=O) groups excluding carboxylic acids is 1. The van der Waals surface area contributed by atoms with Crippen LogP contribution in [0, 0.1) is 10.1 Å². The largest absolute Gasteiger partial charge is 0.487 e. The van der Waals surface area contributed by atoms with Gasteiger partial charge in [0.05, 0.1) is 18.1 Å². The van der Waals surface area contributed by atoms with Gasteiger partial charge in [-0.3, -0.25) is 14.9 Å². The third kappa shape index (κ3) is 4.42. The molecule has 0 aliphatic heterocycles. The number of hydrogen-bond acceptors (Lipinski definition) is 5. The third-order valence-corrected chi connectivity index (χ3v) is 2.56. The van der Waals surface area contributed by atoms with Crippen molar-refractivity contribution in [3.63, 3.8) is 0 Å². The SMILES string of the molecule is CCCOc1cc(NCC(=O)N(C)C)ccc1[N+](=O)[O-]. The van der Waals surface area contributed by atoms with Crippen LogP contribution in [0.4, 0.5) is 11.4 Å². The minimum atomic E-state index is -0.486. The van der Waals surface area contributed by atoms with Gasteiger partial charge in [-0.15, -0.1) is 0 Å². The Morgan fingerprint density at radius 1 is 1.45 bits per heavy atom. The third-order valence-electron chi connectivity index (χ3n) is 2.56. The molecular weight excluding hydrogens is 262 g/mol. The lowest BCUT2D eigenvalue weighted by molar-refractivity contribution is -0.385. The first-order valence-corrected chi connectivity index (χ1v) is 6.31. The maximum absolute atomic E-state index is 11.5. The summed E-state index contributed by atoms with van der Waals surface area (Å²) in [6, 6.07) is 4.46. The first-order chi connectivity index (χ1) is 9.45. The maximum Gasteiger partial charge on any atom is 0.311 e. The molecule has 7 nitrogen and oxygen atoms in total. The molecule has 20 heavy (non-hydrogen) atoms. The van der Waals surface area contributed by atoms with E-state index in [4.69, 9.17) is 4.74 Å². The molecule has 0 spiro atoms. The molecule has 1 rings (SSSR count). The predicted molar refractivity (Wildman–Crippen MR) is 76.1 cm³/mol. The summed E-state index contributed by atoms with van der Waals surface area (Å²) < 4.78 is 5.37. The van der Waals surface area contributed by atoms with Crippen LogP contribution in [0.2, 0.25) is 0 Å². The smallest absolute Gasteiger partial charge is 0.311 e. The minimum Gasteiger partial charge on any atom is -0.487 e. The number of nitrogens with one attached hydrogen (secondary N) is 1. The highest BCUT2D eigenvalue weighted by Gasteiger charge is 2.15. The second-order valence-corrected chi connectivity index (χ2v) is 4.43. The molecule has 1 aromatic rings. The van der Waals surface area contributed by atoms with Gasteiger partial charge in [-0.25, -0.2) is 0 Å². The van der Waals surface area contributed by atoms with Crippen molar-refractivity contribution in [1.82, 2.24) is 4.90 Å². The van der Waals surface area contributed by atoms with E-state index in [-0.39, 0.29) is 23.9 Å². The van der Waals surface area contributed by atoms with Gasteiger partial charge in [0.15, 0.2) is 5.75 Å². The Bertz CT molecular complexity index is 489. The fourth-order valence-corrected chi connectivity index (χ4v) is 1.44. The Morgan fingerprint density at radius 3 is 2.70 bits per heavy atom. The molecule has 0 saturated carbocycles. The Hall–Kier alpha value is -2.31. The van der Waals surface area contributed by atoms with Crippen LogP contribution in [0.5, 0.6) is 5.75 Å². The van der Waals surface area contributed by atoms with Crippen molar-refractivity contribution in [1.29, 1.82) is 0 Å². The van der Waals surface area contributed by atoms with E-state index in [2.05, 4.69) is 5.32 Å². The molecule has 0 aliphatic carbocycles. The van der Waals surface area contributed by atoms with Gasteiger partial charge in [-0.1, -0.05) is 6.92 Å². The van der Waals surface area contributed by atoms with Crippen molar-refractivity contribution in [3.05, 3.63) is 28.3 Å². The lowest BCUT2D eigenvalue weighted by Crippen LogP contribution is -2.28. The molecule has 0 heterocycles. The van der Waals surface area contributed by atoms with Gasteiger partial charge in [0.25, 0.3) is 0 Å². The molecule has 1 aromatic carbocycles. The van der Waals surface area contributed by atoms with Crippen molar-refractivity contribution in [2.45, 2.75) is 13.3 Å². The van der Waals surface area contributed by atoms with Crippen molar-refractivity contribution in [2.24, 2.45) is 0 Å². The highest BCUT2D eigenvalue weighted by molar-refractivity contribution is 5.80. The number of nitro benzene ring substituents is 1. The van der Waals surface area contributed by atoms with Gasteiger partial charge in [-0.05, 0) is 12.5 Å². The molecular formula is C13H19N3O4. The van der Waals surface area contributed by atoms with Crippen molar-refractivity contribution < 1.29 is 14.5 Å². The number of anilines is 1. The first kappa shape index (κ1) is 15.7. The summed E-state index contributed by atoms with van der Waals surface area (Å²) in [4.78, 5) is 23.3. The molecule has 0 aliphatic rings. The summed E-state index contributed by atoms with van der Waals surface area (Å²) in [7, 11) is 3.32. The number of carbonyl (C=O) groups is 1. The first-order valence-electron chi connectivity index (χ1n) is 6.31. The summed E-state index contributed by atoms with van der Waals surface area (Å²) in [5, 5.41) is 13.8. The molecule has 0 saturated heterocycles. The number of nitro groups is 1. The standard InChI is InChI=1S/C13H19N3O4/c1-4-7-20-12-8-10(5-6-11(12)16(18)19)14-9-13(17)15(2)3/h5-6,8,14H,4,7,9H2,1-3H3. The fourth-order valence-electron chi connectivity index (χ4n) is 1.44. The minimum absolute atomic E-state index is 0.0806. The average Bonchev–Trinajstić information content (AvgIpc) is 2.42. The van der Waals surface area contributed by atoms with Crippen molar-refractivity contribution in [2.75, 3.05) is 32.6 Å². The number of amides is 1. The fraction of sp³-hybridized carbons (Fsp3) is 0.462. The van der Waals surface area contributed by atoms with E-state index in [0.29, 0.717) is 12.3 Å². The van der Waals surface area contributed by atoms with E-state index in [9.17, 15) is 14.9 Å². The molecule has 0 atom stereocenters. The zero-order valence-corrected chi connectivity index (χ0v) is 11.9. The van der Waals surface area contributed by atoms with Crippen LogP contribution in [0.15, 0.2) is 18.2 Å². The van der Waals surface area contributed by atoms with Crippen LogP contribution in [0.3, 0.4) is 0 Å². The number of nitrogens with zero attached hydrogens (tertiary/aromatic N) is 2. The normalized spacial score (nSPS) is 9.95. The summed E-state index contributed by atoms with van der Waals surface area (Å²) in [5.74, 6) is 0.124. The van der Waals surface area contributed by atoms with Gasteiger partial charge >= 0.3 is 5.69 Å². The average molecular weight is 281 g/mol. The summed E-state index contributed by atoms with van der Waals surface area (Å²) in [6.07, 6.45) is 0.758. The zero-order chi connectivity index (χ0) is 15.1. The van der Waals surface area contributed by atoms with Crippen molar-refractivity contribution >= 4 is 17.3 Å². The van der Waals surface area contributed by atoms with Crippen LogP contribution in [0.25, 0.3) is 0 Å². The monoisotopic (exact) mass is 281 g/mol. The topological polar surface area (TPSA) is 84.7 Å². The molecule has 1 amide bonds. The molecule has 0 aromatic heterocycles. The molecule has 0 bridgehead atoms. The number of rotatable bonds is 7. The van der Waals surface area contributed by atoms with Crippen LogP contribution in [-0.2, 0) is 4.79 Å². The number of hydrogen-bond donors (Lipinski definition) is 1. The van der Waals surface area contributed by atoms with Gasteiger partial charge in [0, 0.05) is 31.9 Å². The van der Waals surface area contributed by atoms with E-state index in [1.165, 1.54) is 17.0 Å². The summed E-state index contributed by atoms with van der Waals surface area (Å²) in [6.45, 7) is 2.45. The van der Waals surface area contributed by atoms with E-state index in [1.807, 2.05) is 6.92 Å². The Kier molecular flexibility index (Phi) is 5.76. The number of likely N-dealkylation sites (N-methyl/N-ethyl adjacent to an activating group) is 1. The quantitative estimate of drug-likeness (QED) is 0.609. The highest BCUT2D eigenvalue weighted by Crippen LogP contribution is 2.30. The maximum atomic E-state index is 11.5. The van der Waals surface area contributed by atoms with Gasteiger partial charge in [0.2, 0.25) is 5.91 Å². The van der Waals surface area contributed by atoms with E-state index in [1.54, 1.807) is 20.2 Å². The second-order valence-electron chi connectivity index (χ2n) is 4.43. The van der Waals surface area contributed by atoms with Crippen LogP contribution < -0.4 is 10.1 Å². The van der Waals surface area contributed by atoms with Gasteiger partial charge in [-0.2, -0.15) is 0 Å². The van der Waals surface area contributed by atoms with Crippen molar-refractivity contribution in [3.8, 4) is 5.75 Å². The van der Waals surface area contributed by atoms with Crippen LogP contribution >= 0.6 is 0 Å². The van der Waals surface area contributed by atoms with E-state index < -0.39 is 4.92 Å². The van der Waals surface area contributed by atoms with Crippen LogP contribution in [-0.4, -0.2) is 43.0 Å². The molecule has 0 fully saturated rings. The molecule has 0 radical (unpaired) electrons. The molecule has 110 valence electrons. The summed E-state index contributed by atoms with van der Waals surface area (Å²) in [5.41, 5.74) is 0.528. The molecule has 7 heteroatoms. The number of ether oxygens (including phenoxy) is 1. The lowest BCUT2D eigenvalue weighted by atomic mass is 10.2.